The summed E-state index contributed by atoms with van der Waals surface area (Å²) in [5, 5.41) is 12.3. The van der Waals surface area contributed by atoms with E-state index < -0.39 is 11.9 Å². The first-order chi connectivity index (χ1) is 15.0. The third-order valence-corrected chi connectivity index (χ3v) is 4.21. The number of hydrogen-bond acceptors (Lipinski definition) is 7. The third-order valence-electron chi connectivity index (χ3n) is 3.95. The summed E-state index contributed by atoms with van der Waals surface area (Å²) in [5.41, 5.74) is 4.03. The van der Waals surface area contributed by atoms with Gasteiger partial charge in [-0.1, -0.05) is 11.6 Å². The number of carbonyl (C=O) groups excluding carboxylic acids is 1. The van der Waals surface area contributed by atoms with Crippen LogP contribution in [0.25, 0.3) is 0 Å². The Labute approximate surface area is 188 Å². The first-order valence-electron chi connectivity index (χ1n) is 8.64. The van der Waals surface area contributed by atoms with Crippen molar-refractivity contribution in [1.29, 1.82) is 0 Å². The SMILES string of the molecule is COc1ccc(NOc2ccc(Cl)cc2)c(C(=O)Nc2ccc(C(=O)O)cc2)c1.O=S. The molecule has 0 saturated carbocycles. The minimum Gasteiger partial charge on any atom is -0.497 e. The van der Waals surface area contributed by atoms with Crippen molar-refractivity contribution in [2.24, 2.45) is 0 Å². The van der Waals surface area contributed by atoms with E-state index in [1.807, 2.05) is 0 Å². The van der Waals surface area contributed by atoms with E-state index in [0.717, 1.165) is 0 Å². The Hall–Kier alpha value is -3.69. The maximum atomic E-state index is 12.8. The van der Waals surface area contributed by atoms with Gasteiger partial charge in [-0.25, -0.2) is 10.3 Å². The molecular weight excluding hydrogens is 444 g/mol. The zero-order chi connectivity index (χ0) is 22.8. The number of carbonyl (C=O) groups is 2. The van der Waals surface area contributed by atoms with Gasteiger partial charge in [0.05, 0.1) is 23.9 Å². The van der Waals surface area contributed by atoms with E-state index in [9.17, 15) is 9.59 Å². The van der Waals surface area contributed by atoms with Crippen molar-refractivity contribution in [2.45, 2.75) is 0 Å². The molecule has 0 aliphatic heterocycles. The highest BCUT2D eigenvalue weighted by molar-refractivity contribution is 7.44. The summed E-state index contributed by atoms with van der Waals surface area (Å²) in [4.78, 5) is 29.2. The second-order valence-electron chi connectivity index (χ2n) is 5.91. The molecule has 3 aromatic rings. The van der Waals surface area contributed by atoms with Crippen molar-refractivity contribution in [1.82, 2.24) is 0 Å². The molecule has 8 nitrogen and oxygen atoms in total. The number of carboxylic acids is 1. The number of rotatable bonds is 7. The van der Waals surface area contributed by atoms with Gasteiger partial charge in [0, 0.05) is 10.7 Å². The molecule has 0 unspecified atom stereocenters. The van der Waals surface area contributed by atoms with Crippen molar-refractivity contribution in [3.63, 3.8) is 0 Å². The molecule has 0 heterocycles. The van der Waals surface area contributed by atoms with Crippen LogP contribution < -0.4 is 20.4 Å². The zero-order valence-corrected chi connectivity index (χ0v) is 17.7. The second-order valence-corrected chi connectivity index (χ2v) is 6.34. The fourth-order valence-electron chi connectivity index (χ4n) is 2.44. The summed E-state index contributed by atoms with van der Waals surface area (Å²) in [6.45, 7) is 0. The van der Waals surface area contributed by atoms with E-state index in [1.54, 1.807) is 42.5 Å². The summed E-state index contributed by atoms with van der Waals surface area (Å²) < 4.78 is 13.0. The van der Waals surface area contributed by atoms with Gasteiger partial charge >= 0.3 is 5.97 Å². The minimum absolute atomic E-state index is 0.128. The molecule has 0 aliphatic rings. The Balaban J connectivity index is 0.00000166. The molecule has 0 saturated heterocycles. The molecule has 3 rings (SSSR count). The molecule has 0 fully saturated rings. The van der Waals surface area contributed by atoms with Gasteiger partial charge in [0.1, 0.15) is 5.75 Å². The maximum absolute atomic E-state index is 12.8. The number of anilines is 2. The number of halogens is 1. The van der Waals surface area contributed by atoms with Crippen LogP contribution in [-0.2, 0) is 12.5 Å². The molecule has 0 bridgehead atoms. The fraction of sp³-hybridized carbons (Fsp3) is 0.0476. The van der Waals surface area contributed by atoms with Crippen LogP contribution in [0, 0.1) is 0 Å². The van der Waals surface area contributed by atoms with Crippen LogP contribution in [0.4, 0.5) is 11.4 Å². The van der Waals surface area contributed by atoms with Crippen LogP contribution in [0.3, 0.4) is 0 Å². The van der Waals surface area contributed by atoms with Crippen LogP contribution in [0.5, 0.6) is 11.5 Å². The largest absolute Gasteiger partial charge is 0.497 e. The lowest BCUT2D eigenvalue weighted by Gasteiger charge is -2.14. The highest BCUT2D eigenvalue weighted by Crippen LogP contribution is 2.25. The van der Waals surface area contributed by atoms with E-state index in [1.165, 1.54) is 31.4 Å². The fourth-order valence-corrected chi connectivity index (χ4v) is 2.56. The second kappa shape index (κ2) is 11.5. The Morgan fingerprint density at radius 3 is 2.13 bits per heavy atom. The molecule has 10 heteroatoms. The molecule has 160 valence electrons. The van der Waals surface area contributed by atoms with Gasteiger partial charge in [0.25, 0.3) is 5.91 Å². The highest BCUT2D eigenvalue weighted by atomic mass is 35.5. The molecule has 0 atom stereocenters. The standard InChI is InChI=1S/C21H17ClN2O5.OS/c1-28-17-10-11-19(24-29-16-8-4-14(22)5-9-16)18(12-17)20(25)23-15-6-2-13(3-7-15)21(26)27;1-2/h2-12,24H,1H3,(H,23,25)(H,26,27);. The average molecular weight is 461 g/mol. The summed E-state index contributed by atoms with van der Waals surface area (Å²) in [6.07, 6.45) is 0. The quantitative estimate of drug-likeness (QED) is 0.445. The lowest BCUT2D eigenvalue weighted by atomic mass is 10.1. The number of hydrogen-bond donors (Lipinski definition) is 3. The van der Waals surface area contributed by atoms with Gasteiger partial charge in [0.15, 0.2) is 18.3 Å². The molecule has 31 heavy (non-hydrogen) atoms. The van der Waals surface area contributed by atoms with E-state index in [2.05, 4.69) is 23.3 Å². The summed E-state index contributed by atoms with van der Waals surface area (Å²) in [5.74, 6) is -0.454. The Morgan fingerprint density at radius 2 is 1.55 bits per heavy atom. The Bertz CT molecular complexity index is 1040. The minimum atomic E-state index is -1.04. The van der Waals surface area contributed by atoms with Crippen LogP contribution >= 0.6 is 11.6 Å². The van der Waals surface area contributed by atoms with E-state index >= 15 is 0 Å². The van der Waals surface area contributed by atoms with Gasteiger partial charge in [-0.05, 0) is 66.7 Å². The summed E-state index contributed by atoms with van der Waals surface area (Å²) in [6, 6.07) is 17.5. The summed E-state index contributed by atoms with van der Waals surface area (Å²) >= 11 is 8.69. The van der Waals surface area contributed by atoms with Gasteiger partial charge < -0.3 is 20.0 Å². The molecule has 0 aliphatic carbocycles. The van der Waals surface area contributed by atoms with Crippen molar-refractivity contribution >= 4 is 47.4 Å². The van der Waals surface area contributed by atoms with E-state index in [0.29, 0.717) is 27.9 Å². The normalized spacial score (nSPS) is 9.61. The molecular formula is C21H17ClN2O6S. The van der Waals surface area contributed by atoms with Crippen LogP contribution in [0.2, 0.25) is 5.02 Å². The van der Waals surface area contributed by atoms with E-state index in [4.69, 9.17) is 30.5 Å². The molecule has 1 amide bonds. The first-order valence-corrected chi connectivity index (χ1v) is 9.35. The van der Waals surface area contributed by atoms with Crippen LogP contribution in [-0.4, -0.2) is 28.3 Å². The Morgan fingerprint density at radius 1 is 0.935 bits per heavy atom. The summed E-state index contributed by atoms with van der Waals surface area (Å²) in [7, 11) is 1.50. The number of methoxy groups -OCH3 is 1. The van der Waals surface area contributed by atoms with Gasteiger partial charge in [-0.3, -0.25) is 4.79 Å². The first kappa shape index (κ1) is 23.6. The number of amides is 1. The van der Waals surface area contributed by atoms with E-state index in [-0.39, 0.29) is 11.1 Å². The molecule has 0 aromatic heterocycles. The number of benzene rings is 3. The van der Waals surface area contributed by atoms with Crippen molar-refractivity contribution in [3.8, 4) is 11.5 Å². The third kappa shape index (κ3) is 6.66. The molecule has 3 N–H and O–H groups in total. The van der Waals surface area contributed by atoms with Crippen LogP contribution in [0.15, 0.2) is 66.7 Å². The molecule has 0 radical (unpaired) electrons. The highest BCUT2D eigenvalue weighted by Gasteiger charge is 2.14. The molecule has 3 aromatic carbocycles. The number of nitrogens with one attached hydrogen (secondary N) is 2. The smallest absolute Gasteiger partial charge is 0.335 e. The maximum Gasteiger partial charge on any atom is 0.335 e. The average Bonchev–Trinajstić information content (AvgIpc) is 2.80. The van der Waals surface area contributed by atoms with Gasteiger partial charge in [0.2, 0.25) is 0 Å². The topological polar surface area (TPSA) is 114 Å². The zero-order valence-electron chi connectivity index (χ0n) is 16.1. The number of carboxylic acid groups (broad SMARTS) is 1. The lowest BCUT2D eigenvalue weighted by molar-refractivity contribution is 0.0696. The predicted molar refractivity (Wildman–Crippen MR) is 118 cm³/mol. The van der Waals surface area contributed by atoms with Gasteiger partial charge in [-0.15, -0.1) is 0 Å². The van der Waals surface area contributed by atoms with Crippen molar-refractivity contribution < 1.29 is 28.5 Å². The van der Waals surface area contributed by atoms with Crippen LogP contribution in [0.1, 0.15) is 20.7 Å². The Kier molecular flexibility index (Phi) is 8.74. The number of ether oxygens (including phenoxy) is 1. The number of aromatic carboxylic acids is 1. The lowest BCUT2D eigenvalue weighted by Crippen LogP contribution is -2.16. The monoisotopic (exact) mass is 460 g/mol. The van der Waals surface area contributed by atoms with Gasteiger partial charge in [-0.2, -0.15) is 4.21 Å². The van der Waals surface area contributed by atoms with Crippen molar-refractivity contribution in [2.75, 3.05) is 17.9 Å². The predicted octanol–water partition coefficient (Wildman–Crippen LogP) is 4.37. The van der Waals surface area contributed by atoms with Crippen molar-refractivity contribution in [3.05, 3.63) is 82.9 Å². The molecule has 0 spiro atoms.